The molecule has 2 atom stereocenters. The predicted molar refractivity (Wildman–Crippen MR) is 82.4 cm³/mol. The SMILES string of the molecule is Cc1ccccc1OCC(O)CN(C)C(C)c1ccco1. The van der Waals surface area contributed by atoms with E-state index in [1.54, 1.807) is 6.26 Å². The molecular formula is C17H23NO3. The van der Waals surface area contributed by atoms with Crippen molar-refractivity contribution >= 4 is 0 Å². The second-order valence-electron chi connectivity index (χ2n) is 5.36. The summed E-state index contributed by atoms with van der Waals surface area (Å²) in [6, 6.07) is 11.7. The van der Waals surface area contributed by atoms with Crippen LogP contribution in [0.4, 0.5) is 0 Å². The van der Waals surface area contributed by atoms with E-state index in [-0.39, 0.29) is 12.6 Å². The van der Waals surface area contributed by atoms with E-state index in [9.17, 15) is 5.11 Å². The molecule has 0 radical (unpaired) electrons. The number of para-hydroxylation sites is 1. The lowest BCUT2D eigenvalue weighted by atomic mass is 10.2. The lowest BCUT2D eigenvalue weighted by molar-refractivity contribution is 0.0620. The molecule has 1 aromatic carbocycles. The molecule has 2 rings (SSSR count). The first-order valence-electron chi connectivity index (χ1n) is 7.18. The number of rotatable bonds is 7. The molecule has 0 bridgehead atoms. The van der Waals surface area contributed by atoms with Gasteiger partial charge in [-0.1, -0.05) is 18.2 Å². The smallest absolute Gasteiger partial charge is 0.122 e. The molecular weight excluding hydrogens is 266 g/mol. The van der Waals surface area contributed by atoms with Crippen molar-refractivity contribution in [3.8, 4) is 5.75 Å². The highest BCUT2D eigenvalue weighted by Crippen LogP contribution is 2.20. The van der Waals surface area contributed by atoms with Gasteiger partial charge in [-0.2, -0.15) is 0 Å². The van der Waals surface area contributed by atoms with Crippen LogP contribution in [0.3, 0.4) is 0 Å². The monoisotopic (exact) mass is 289 g/mol. The predicted octanol–water partition coefficient (Wildman–Crippen LogP) is 3.02. The number of benzene rings is 1. The first kappa shape index (κ1) is 15.6. The van der Waals surface area contributed by atoms with Gasteiger partial charge in [0.25, 0.3) is 0 Å². The van der Waals surface area contributed by atoms with Gasteiger partial charge in [0.2, 0.25) is 0 Å². The van der Waals surface area contributed by atoms with Gasteiger partial charge in [-0.25, -0.2) is 0 Å². The Morgan fingerprint density at radius 1 is 1.24 bits per heavy atom. The fraction of sp³-hybridized carbons (Fsp3) is 0.412. The number of nitrogens with zero attached hydrogens (tertiary/aromatic N) is 1. The summed E-state index contributed by atoms with van der Waals surface area (Å²) in [4.78, 5) is 2.05. The van der Waals surface area contributed by atoms with Crippen molar-refractivity contribution < 1.29 is 14.3 Å². The maximum Gasteiger partial charge on any atom is 0.122 e. The third kappa shape index (κ3) is 4.34. The van der Waals surface area contributed by atoms with Gasteiger partial charge in [0.15, 0.2) is 0 Å². The highest BCUT2D eigenvalue weighted by atomic mass is 16.5. The number of furan rings is 1. The number of hydrogen-bond acceptors (Lipinski definition) is 4. The maximum atomic E-state index is 10.1. The number of aliphatic hydroxyl groups excluding tert-OH is 1. The molecule has 0 amide bonds. The molecule has 0 aliphatic rings. The van der Waals surface area contributed by atoms with Gasteiger partial charge in [-0.15, -0.1) is 0 Å². The van der Waals surface area contributed by atoms with Crippen molar-refractivity contribution in [1.82, 2.24) is 4.90 Å². The minimum Gasteiger partial charge on any atom is -0.491 e. The van der Waals surface area contributed by atoms with Crippen LogP contribution in [-0.2, 0) is 0 Å². The molecule has 4 heteroatoms. The lowest BCUT2D eigenvalue weighted by Crippen LogP contribution is -2.34. The molecule has 0 saturated carbocycles. The quantitative estimate of drug-likeness (QED) is 0.851. The van der Waals surface area contributed by atoms with Gasteiger partial charge in [0.05, 0.1) is 12.3 Å². The van der Waals surface area contributed by atoms with Crippen LogP contribution in [0.1, 0.15) is 24.3 Å². The van der Waals surface area contributed by atoms with Gasteiger partial charge in [0.1, 0.15) is 24.2 Å². The van der Waals surface area contributed by atoms with Gasteiger partial charge < -0.3 is 14.3 Å². The van der Waals surface area contributed by atoms with Crippen molar-refractivity contribution in [2.24, 2.45) is 0 Å². The van der Waals surface area contributed by atoms with Crippen molar-refractivity contribution in [3.63, 3.8) is 0 Å². The summed E-state index contributed by atoms with van der Waals surface area (Å²) in [5.74, 6) is 1.71. The Morgan fingerprint density at radius 3 is 2.67 bits per heavy atom. The first-order chi connectivity index (χ1) is 10.1. The fourth-order valence-corrected chi connectivity index (χ4v) is 2.19. The van der Waals surface area contributed by atoms with Crippen LogP contribution in [-0.4, -0.2) is 36.3 Å². The van der Waals surface area contributed by atoms with Crippen LogP contribution in [0.5, 0.6) is 5.75 Å². The summed E-state index contributed by atoms with van der Waals surface area (Å²) in [6.45, 7) is 4.84. The highest BCUT2D eigenvalue weighted by Gasteiger charge is 2.17. The van der Waals surface area contributed by atoms with Gasteiger partial charge >= 0.3 is 0 Å². The van der Waals surface area contributed by atoms with E-state index < -0.39 is 6.10 Å². The number of aliphatic hydroxyl groups is 1. The Kier molecular flexibility index (Phi) is 5.42. The average Bonchev–Trinajstić information content (AvgIpc) is 2.99. The van der Waals surface area contributed by atoms with Crippen molar-refractivity contribution in [2.45, 2.75) is 26.0 Å². The van der Waals surface area contributed by atoms with Crippen LogP contribution < -0.4 is 4.74 Å². The maximum absolute atomic E-state index is 10.1. The van der Waals surface area contributed by atoms with E-state index in [4.69, 9.17) is 9.15 Å². The zero-order valence-corrected chi connectivity index (χ0v) is 12.8. The van der Waals surface area contributed by atoms with E-state index in [1.165, 1.54) is 0 Å². The van der Waals surface area contributed by atoms with E-state index in [0.29, 0.717) is 6.54 Å². The zero-order chi connectivity index (χ0) is 15.2. The summed E-state index contributed by atoms with van der Waals surface area (Å²) in [5.41, 5.74) is 1.07. The second-order valence-corrected chi connectivity index (χ2v) is 5.36. The third-order valence-electron chi connectivity index (χ3n) is 3.64. The molecule has 1 N–H and O–H groups in total. The van der Waals surface area contributed by atoms with E-state index >= 15 is 0 Å². The molecule has 4 nitrogen and oxygen atoms in total. The Balaban J connectivity index is 1.81. The second kappa shape index (κ2) is 7.29. The Morgan fingerprint density at radius 2 is 2.00 bits per heavy atom. The van der Waals surface area contributed by atoms with Crippen LogP contribution in [0.25, 0.3) is 0 Å². The molecule has 0 aliphatic carbocycles. The van der Waals surface area contributed by atoms with Crippen LogP contribution in [0.2, 0.25) is 0 Å². The number of likely N-dealkylation sites (N-methyl/N-ethyl adjacent to an activating group) is 1. The standard InChI is InChI=1S/C17H23NO3/c1-13-7-4-5-8-16(13)21-12-15(19)11-18(3)14(2)17-9-6-10-20-17/h4-10,14-15,19H,11-12H2,1-3H3. The lowest BCUT2D eigenvalue weighted by Gasteiger charge is -2.25. The molecule has 0 aliphatic heterocycles. The van der Waals surface area contributed by atoms with Crippen molar-refractivity contribution in [1.29, 1.82) is 0 Å². The van der Waals surface area contributed by atoms with Crippen molar-refractivity contribution in [2.75, 3.05) is 20.2 Å². The van der Waals surface area contributed by atoms with Crippen LogP contribution >= 0.6 is 0 Å². The van der Waals surface area contributed by atoms with E-state index in [1.807, 2.05) is 62.2 Å². The van der Waals surface area contributed by atoms with Crippen LogP contribution in [0.15, 0.2) is 47.1 Å². The fourth-order valence-electron chi connectivity index (χ4n) is 2.19. The molecule has 0 fully saturated rings. The Labute approximate surface area is 126 Å². The van der Waals surface area contributed by atoms with E-state index in [2.05, 4.69) is 0 Å². The number of hydrogen-bond donors (Lipinski definition) is 1. The summed E-state index contributed by atoms with van der Waals surface area (Å²) in [5, 5.41) is 10.1. The number of ether oxygens (including phenoxy) is 1. The molecule has 0 spiro atoms. The molecule has 114 valence electrons. The molecule has 2 unspecified atom stereocenters. The van der Waals surface area contributed by atoms with Gasteiger partial charge in [0, 0.05) is 6.54 Å². The summed E-state index contributed by atoms with van der Waals surface area (Å²) in [7, 11) is 1.96. The van der Waals surface area contributed by atoms with Crippen molar-refractivity contribution in [3.05, 3.63) is 54.0 Å². The normalized spacial score (nSPS) is 14.1. The van der Waals surface area contributed by atoms with Crippen LogP contribution in [0, 0.1) is 6.92 Å². The minimum absolute atomic E-state index is 0.119. The Bertz CT molecular complexity index is 539. The summed E-state index contributed by atoms with van der Waals surface area (Å²) >= 11 is 0. The summed E-state index contributed by atoms with van der Waals surface area (Å²) < 4.78 is 11.1. The minimum atomic E-state index is -0.549. The average molecular weight is 289 g/mol. The van der Waals surface area contributed by atoms with Gasteiger partial charge in [-0.3, -0.25) is 4.90 Å². The van der Waals surface area contributed by atoms with Gasteiger partial charge in [-0.05, 0) is 44.7 Å². The first-order valence-corrected chi connectivity index (χ1v) is 7.18. The third-order valence-corrected chi connectivity index (χ3v) is 3.64. The topological polar surface area (TPSA) is 45.8 Å². The molecule has 0 saturated heterocycles. The number of aryl methyl sites for hydroxylation is 1. The highest BCUT2D eigenvalue weighted by molar-refractivity contribution is 5.31. The summed E-state index contributed by atoms with van der Waals surface area (Å²) in [6.07, 6.45) is 1.12. The zero-order valence-electron chi connectivity index (χ0n) is 12.8. The van der Waals surface area contributed by atoms with E-state index in [0.717, 1.165) is 17.1 Å². The molecule has 1 heterocycles. The Hall–Kier alpha value is -1.78. The molecule has 1 aromatic heterocycles. The largest absolute Gasteiger partial charge is 0.491 e. The molecule has 21 heavy (non-hydrogen) atoms. The molecule has 2 aromatic rings.